The summed E-state index contributed by atoms with van der Waals surface area (Å²) in [5.41, 5.74) is 2.31. The molecule has 0 atom stereocenters. The average Bonchev–Trinajstić information content (AvgIpc) is 2.83. The highest BCUT2D eigenvalue weighted by molar-refractivity contribution is 7.92. The van der Waals surface area contributed by atoms with Crippen molar-refractivity contribution < 1.29 is 13.2 Å². The summed E-state index contributed by atoms with van der Waals surface area (Å²) in [5, 5.41) is 0.698. The van der Waals surface area contributed by atoms with Crippen molar-refractivity contribution in [2.75, 3.05) is 7.11 Å². The van der Waals surface area contributed by atoms with E-state index in [1.165, 1.54) is 7.11 Å². The predicted octanol–water partition coefficient (Wildman–Crippen LogP) is 3.63. The van der Waals surface area contributed by atoms with Crippen LogP contribution in [0.1, 0.15) is 11.3 Å². The number of nitrogens with one attached hydrogen (secondary N) is 1. The van der Waals surface area contributed by atoms with Gasteiger partial charge in [-0.15, -0.1) is 0 Å². The average molecular weight is 315 g/mol. The van der Waals surface area contributed by atoms with E-state index in [2.05, 4.69) is 4.98 Å². The van der Waals surface area contributed by atoms with Crippen molar-refractivity contribution >= 4 is 20.7 Å². The van der Waals surface area contributed by atoms with Crippen LogP contribution in [0.15, 0.2) is 52.3 Å². The van der Waals surface area contributed by atoms with E-state index >= 15 is 0 Å². The Hall–Kier alpha value is -2.27. The summed E-state index contributed by atoms with van der Waals surface area (Å²) in [6.07, 6.45) is 0. The molecule has 4 nitrogen and oxygen atoms in total. The molecule has 1 N–H and O–H groups in total. The molecule has 0 amide bonds. The smallest absolute Gasteiger partial charge is 0.212 e. The molecule has 5 heteroatoms. The minimum atomic E-state index is -3.67. The van der Waals surface area contributed by atoms with Crippen LogP contribution in [0.5, 0.6) is 5.75 Å². The van der Waals surface area contributed by atoms with E-state index in [9.17, 15) is 8.42 Å². The van der Waals surface area contributed by atoms with Crippen molar-refractivity contribution in [2.24, 2.45) is 0 Å². The van der Waals surface area contributed by atoms with E-state index in [0.717, 1.165) is 11.1 Å². The second-order valence-electron chi connectivity index (χ2n) is 5.28. The van der Waals surface area contributed by atoms with Gasteiger partial charge in [0.1, 0.15) is 15.5 Å². The van der Waals surface area contributed by atoms with Gasteiger partial charge in [0.05, 0.1) is 7.11 Å². The van der Waals surface area contributed by atoms with Crippen LogP contribution in [-0.4, -0.2) is 20.5 Å². The number of H-pyrrole nitrogens is 1. The minimum Gasteiger partial charge on any atom is -0.495 e. The van der Waals surface area contributed by atoms with Gasteiger partial charge >= 0.3 is 0 Å². The van der Waals surface area contributed by atoms with Gasteiger partial charge in [-0.1, -0.05) is 24.3 Å². The molecule has 2 aromatic carbocycles. The molecule has 0 fully saturated rings. The molecule has 0 aliphatic heterocycles. The largest absolute Gasteiger partial charge is 0.495 e. The zero-order valence-corrected chi connectivity index (χ0v) is 13.5. The summed E-state index contributed by atoms with van der Waals surface area (Å²) < 4.78 is 31.6. The number of aromatic amines is 1. The van der Waals surface area contributed by atoms with Crippen molar-refractivity contribution in [1.82, 2.24) is 4.98 Å². The van der Waals surface area contributed by atoms with Crippen LogP contribution in [0, 0.1) is 13.8 Å². The monoisotopic (exact) mass is 315 g/mol. The van der Waals surface area contributed by atoms with E-state index in [0.29, 0.717) is 21.7 Å². The van der Waals surface area contributed by atoms with Crippen molar-refractivity contribution in [3.8, 4) is 5.75 Å². The maximum atomic E-state index is 13.2. The van der Waals surface area contributed by atoms with Crippen LogP contribution in [0.25, 0.3) is 10.9 Å². The fourth-order valence-electron chi connectivity index (χ4n) is 2.70. The second-order valence-corrected chi connectivity index (χ2v) is 7.14. The number of sulfone groups is 1. The normalized spacial score (nSPS) is 11.8. The SMILES string of the molecule is COc1ccc(C)cc1S(=O)(=O)c1c(C)[nH]c2ccccc12. The molecule has 0 radical (unpaired) electrons. The van der Waals surface area contributed by atoms with Gasteiger partial charge in [0.2, 0.25) is 9.84 Å². The number of ether oxygens (including phenoxy) is 1. The summed E-state index contributed by atoms with van der Waals surface area (Å²) in [7, 11) is -2.20. The summed E-state index contributed by atoms with van der Waals surface area (Å²) in [6, 6.07) is 12.6. The van der Waals surface area contributed by atoms with Crippen LogP contribution in [-0.2, 0) is 9.84 Å². The number of fused-ring (bicyclic) bond motifs is 1. The number of benzene rings is 2. The Bertz CT molecular complexity index is 955. The molecule has 1 heterocycles. The van der Waals surface area contributed by atoms with E-state index in [1.807, 2.05) is 37.3 Å². The van der Waals surface area contributed by atoms with Crippen LogP contribution < -0.4 is 4.74 Å². The quantitative estimate of drug-likeness (QED) is 0.803. The fourth-order valence-corrected chi connectivity index (χ4v) is 4.60. The molecule has 114 valence electrons. The first-order valence-electron chi connectivity index (χ1n) is 6.92. The molecular formula is C17H17NO3S. The van der Waals surface area contributed by atoms with E-state index in [-0.39, 0.29) is 4.90 Å². The third kappa shape index (κ3) is 2.18. The maximum Gasteiger partial charge on any atom is 0.212 e. The fraction of sp³-hybridized carbons (Fsp3) is 0.176. The molecule has 0 aliphatic rings. The highest BCUT2D eigenvalue weighted by Crippen LogP contribution is 2.35. The minimum absolute atomic E-state index is 0.197. The molecule has 0 saturated heterocycles. The van der Waals surface area contributed by atoms with Crippen LogP contribution in [0.3, 0.4) is 0 Å². The highest BCUT2D eigenvalue weighted by Gasteiger charge is 2.27. The first-order chi connectivity index (χ1) is 10.4. The van der Waals surface area contributed by atoms with Crippen LogP contribution in [0.2, 0.25) is 0 Å². The van der Waals surface area contributed by atoms with Gasteiger partial charge in [0.25, 0.3) is 0 Å². The molecule has 0 unspecified atom stereocenters. The molecule has 1 aromatic heterocycles. The Morgan fingerprint density at radius 2 is 1.77 bits per heavy atom. The number of methoxy groups -OCH3 is 1. The van der Waals surface area contributed by atoms with Gasteiger partial charge in [0.15, 0.2) is 0 Å². The van der Waals surface area contributed by atoms with Crippen molar-refractivity contribution in [2.45, 2.75) is 23.6 Å². The Balaban J connectivity index is 2.34. The van der Waals surface area contributed by atoms with Crippen molar-refractivity contribution in [1.29, 1.82) is 0 Å². The van der Waals surface area contributed by atoms with Gasteiger partial charge in [-0.25, -0.2) is 8.42 Å². The standard InChI is InChI=1S/C17H17NO3S/c1-11-8-9-15(21-3)16(10-11)22(19,20)17-12(2)18-14-7-5-4-6-13(14)17/h4-10,18H,1-3H3. The lowest BCUT2D eigenvalue weighted by atomic mass is 10.2. The summed E-state index contributed by atoms with van der Waals surface area (Å²) in [4.78, 5) is 3.64. The van der Waals surface area contributed by atoms with E-state index in [4.69, 9.17) is 4.74 Å². The summed E-state index contributed by atoms with van der Waals surface area (Å²) in [6.45, 7) is 3.63. The van der Waals surface area contributed by atoms with Gasteiger partial charge < -0.3 is 9.72 Å². The summed E-state index contributed by atoms with van der Waals surface area (Å²) >= 11 is 0. The second kappa shape index (κ2) is 5.18. The number of hydrogen-bond acceptors (Lipinski definition) is 3. The van der Waals surface area contributed by atoms with E-state index < -0.39 is 9.84 Å². The van der Waals surface area contributed by atoms with Gasteiger partial charge in [-0.3, -0.25) is 0 Å². The van der Waals surface area contributed by atoms with E-state index in [1.54, 1.807) is 19.1 Å². The zero-order chi connectivity index (χ0) is 15.9. The molecule has 0 aliphatic carbocycles. The molecule has 3 aromatic rings. The number of rotatable bonds is 3. The number of para-hydroxylation sites is 1. The van der Waals surface area contributed by atoms with Crippen molar-refractivity contribution in [3.63, 3.8) is 0 Å². The topological polar surface area (TPSA) is 59.2 Å². The predicted molar refractivity (Wildman–Crippen MR) is 86.2 cm³/mol. The molecule has 0 bridgehead atoms. The third-order valence-electron chi connectivity index (χ3n) is 3.71. The van der Waals surface area contributed by atoms with Crippen LogP contribution >= 0.6 is 0 Å². The summed E-state index contributed by atoms with van der Waals surface area (Å²) in [5.74, 6) is 0.357. The zero-order valence-electron chi connectivity index (χ0n) is 12.7. The molecule has 3 rings (SSSR count). The molecule has 0 saturated carbocycles. The number of aryl methyl sites for hydroxylation is 2. The van der Waals surface area contributed by atoms with Gasteiger partial charge in [-0.05, 0) is 37.6 Å². The molecule has 22 heavy (non-hydrogen) atoms. The lowest BCUT2D eigenvalue weighted by molar-refractivity contribution is 0.402. The highest BCUT2D eigenvalue weighted by atomic mass is 32.2. The number of hydrogen-bond donors (Lipinski definition) is 1. The Morgan fingerprint density at radius 1 is 1.05 bits per heavy atom. The molecule has 0 spiro atoms. The van der Waals surface area contributed by atoms with Gasteiger partial charge in [0, 0.05) is 16.6 Å². The Kier molecular flexibility index (Phi) is 3.45. The number of aromatic nitrogens is 1. The Labute approximate surface area is 129 Å². The first-order valence-corrected chi connectivity index (χ1v) is 8.40. The lowest BCUT2D eigenvalue weighted by Crippen LogP contribution is -2.06. The van der Waals surface area contributed by atoms with Gasteiger partial charge in [-0.2, -0.15) is 0 Å². The third-order valence-corrected chi connectivity index (χ3v) is 5.67. The molecular weight excluding hydrogens is 298 g/mol. The van der Waals surface area contributed by atoms with Crippen molar-refractivity contribution in [3.05, 3.63) is 53.7 Å². The lowest BCUT2D eigenvalue weighted by Gasteiger charge is -2.11. The Morgan fingerprint density at radius 3 is 2.50 bits per heavy atom. The van der Waals surface area contributed by atoms with Crippen LogP contribution in [0.4, 0.5) is 0 Å². The maximum absolute atomic E-state index is 13.2. The first kappa shape index (κ1) is 14.7.